The first kappa shape index (κ1) is 22.5. The number of urea groups is 1. The third kappa shape index (κ3) is 5.72. The second-order valence-corrected chi connectivity index (χ2v) is 6.45. The van der Waals surface area contributed by atoms with Crippen molar-refractivity contribution in [3.63, 3.8) is 0 Å². The van der Waals surface area contributed by atoms with E-state index in [9.17, 15) is 22.8 Å². The molecular weight excluding hydrogens is 425 g/mol. The Labute approximate surface area is 181 Å². The van der Waals surface area contributed by atoms with Crippen LogP contribution in [0.2, 0.25) is 0 Å². The van der Waals surface area contributed by atoms with Crippen molar-refractivity contribution in [2.24, 2.45) is 0 Å². The number of alkyl halides is 3. The first-order valence-electron chi connectivity index (χ1n) is 9.48. The van der Waals surface area contributed by atoms with Crippen LogP contribution in [0.4, 0.5) is 40.8 Å². The van der Waals surface area contributed by atoms with Gasteiger partial charge in [0.25, 0.3) is 5.91 Å². The van der Waals surface area contributed by atoms with Crippen molar-refractivity contribution >= 4 is 34.8 Å². The van der Waals surface area contributed by atoms with Gasteiger partial charge >= 0.3 is 12.2 Å². The molecule has 0 atom stereocenters. The molecule has 0 aliphatic carbocycles. The standard InChI is InChI=1S/C21H19F3N6O2/c1-2-26-20(32)30-18-17(29-19(31)13-7-6-10-25-12-13)15(11-16(28-18)21(22,23)24)27-14-8-4-3-5-9-14/h3-12H,2H2,1H3,(H,29,31)(H3,26,27,28,30,32). The molecule has 2 aromatic heterocycles. The van der Waals surface area contributed by atoms with Gasteiger partial charge in [-0.1, -0.05) is 18.2 Å². The van der Waals surface area contributed by atoms with E-state index in [0.717, 1.165) is 6.07 Å². The van der Waals surface area contributed by atoms with Crippen LogP contribution in [-0.2, 0) is 6.18 Å². The molecule has 0 aliphatic rings. The lowest BCUT2D eigenvalue weighted by molar-refractivity contribution is -0.141. The van der Waals surface area contributed by atoms with Gasteiger partial charge in [0, 0.05) is 24.6 Å². The van der Waals surface area contributed by atoms with Crippen LogP contribution in [0.15, 0.2) is 60.9 Å². The van der Waals surface area contributed by atoms with Gasteiger partial charge in [-0.2, -0.15) is 13.2 Å². The average molecular weight is 444 g/mol. The molecule has 0 saturated carbocycles. The van der Waals surface area contributed by atoms with Gasteiger partial charge in [0.05, 0.1) is 11.3 Å². The Bertz CT molecular complexity index is 1090. The molecule has 0 unspecified atom stereocenters. The van der Waals surface area contributed by atoms with Gasteiger partial charge < -0.3 is 16.0 Å². The minimum Gasteiger partial charge on any atom is -0.354 e. The average Bonchev–Trinajstić information content (AvgIpc) is 2.76. The molecule has 0 fully saturated rings. The minimum absolute atomic E-state index is 0.109. The number of para-hydroxylation sites is 1. The van der Waals surface area contributed by atoms with Crippen molar-refractivity contribution in [2.75, 3.05) is 22.5 Å². The largest absolute Gasteiger partial charge is 0.433 e. The summed E-state index contributed by atoms with van der Waals surface area (Å²) in [5.41, 5.74) is -0.860. The lowest BCUT2D eigenvalue weighted by Crippen LogP contribution is -2.30. The molecule has 166 valence electrons. The molecule has 0 spiro atoms. The zero-order valence-corrected chi connectivity index (χ0v) is 16.8. The van der Waals surface area contributed by atoms with Gasteiger partial charge in [-0.25, -0.2) is 9.78 Å². The van der Waals surface area contributed by atoms with E-state index < -0.39 is 29.6 Å². The van der Waals surface area contributed by atoms with E-state index in [1.807, 2.05) is 0 Å². The van der Waals surface area contributed by atoms with Crippen LogP contribution in [0.5, 0.6) is 0 Å². The monoisotopic (exact) mass is 444 g/mol. The molecule has 2 heterocycles. The smallest absolute Gasteiger partial charge is 0.354 e. The summed E-state index contributed by atoms with van der Waals surface area (Å²) in [4.78, 5) is 32.2. The third-order valence-electron chi connectivity index (χ3n) is 4.09. The van der Waals surface area contributed by atoms with E-state index in [1.54, 1.807) is 37.3 Å². The quantitative estimate of drug-likeness (QED) is 0.443. The summed E-state index contributed by atoms with van der Waals surface area (Å²) >= 11 is 0. The first-order valence-corrected chi connectivity index (χ1v) is 9.48. The number of aromatic nitrogens is 2. The summed E-state index contributed by atoms with van der Waals surface area (Å²) in [5, 5.41) is 10.1. The first-order chi connectivity index (χ1) is 15.3. The zero-order valence-electron chi connectivity index (χ0n) is 16.8. The van der Waals surface area contributed by atoms with E-state index in [4.69, 9.17) is 0 Å². The summed E-state index contributed by atoms with van der Waals surface area (Å²) in [6.45, 7) is 1.88. The second-order valence-electron chi connectivity index (χ2n) is 6.45. The van der Waals surface area contributed by atoms with Gasteiger partial charge in [-0.3, -0.25) is 15.1 Å². The third-order valence-corrected chi connectivity index (χ3v) is 4.09. The van der Waals surface area contributed by atoms with Gasteiger partial charge in [0.15, 0.2) is 5.82 Å². The van der Waals surface area contributed by atoms with E-state index >= 15 is 0 Å². The van der Waals surface area contributed by atoms with Crippen molar-refractivity contribution in [3.8, 4) is 0 Å². The number of amides is 3. The minimum atomic E-state index is -4.79. The molecule has 3 rings (SSSR count). The van der Waals surface area contributed by atoms with E-state index in [0.29, 0.717) is 5.69 Å². The molecule has 0 radical (unpaired) electrons. The molecule has 4 N–H and O–H groups in total. The van der Waals surface area contributed by atoms with E-state index in [2.05, 4.69) is 31.2 Å². The Morgan fingerprint density at radius 3 is 2.41 bits per heavy atom. The number of hydrogen-bond donors (Lipinski definition) is 4. The van der Waals surface area contributed by atoms with Crippen LogP contribution in [0.3, 0.4) is 0 Å². The normalized spacial score (nSPS) is 10.9. The maximum atomic E-state index is 13.5. The Kier molecular flexibility index (Phi) is 6.88. The number of rotatable bonds is 6. The van der Waals surface area contributed by atoms with Crippen LogP contribution in [0, 0.1) is 0 Å². The molecule has 0 aliphatic heterocycles. The molecule has 0 bridgehead atoms. The number of carbonyl (C=O) groups is 2. The number of carbonyl (C=O) groups excluding carboxylic acids is 2. The Morgan fingerprint density at radius 1 is 1.03 bits per heavy atom. The Morgan fingerprint density at radius 2 is 1.78 bits per heavy atom. The molecule has 11 heteroatoms. The molecule has 32 heavy (non-hydrogen) atoms. The summed E-state index contributed by atoms with van der Waals surface area (Å²) in [6, 6.07) is 11.4. The number of nitrogens with one attached hydrogen (secondary N) is 4. The fraction of sp³-hybridized carbons (Fsp3) is 0.143. The Balaban J connectivity index is 2.11. The highest BCUT2D eigenvalue weighted by molar-refractivity contribution is 6.09. The highest BCUT2D eigenvalue weighted by Gasteiger charge is 2.35. The van der Waals surface area contributed by atoms with Gasteiger partial charge in [0.2, 0.25) is 0 Å². The molecule has 3 amide bonds. The number of hydrogen-bond acceptors (Lipinski definition) is 5. The number of pyridine rings is 2. The molecule has 8 nitrogen and oxygen atoms in total. The van der Waals surface area contributed by atoms with Crippen LogP contribution < -0.4 is 21.3 Å². The fourth-order valence-corrected chi connectivity index (χ4v) is 2.68. The number of anilines is 4. The molecule has 1 aromatic carbocycles. The maximum Gasteiger partial charge on any atom is 0.433 e. The predicted molar refractivity (Wildman–Crippen MR) is 114 cm³/mol. The van der Waals surface area contributed by atoms with Gasteiger partial charge in [0.1, 0.15) is 11.4 Å². The maximum absolute atomic E-state index is 13.5. The van der Waals surface area contributed by atoms with Crippen LogP contribution >= 0.6 is 0 Å². The lowest BCUT2D eigenvalue weighted by atomic mass is 10.2. The van der Waals surface area contributed by atoms with Crippen molar-refractivity contribution in [1.82, 2.24) is 15.3 Å². The van der Waals surface area contributed by atoms with Crippen LogP contribution in [-0.4, -0.2) is 28.5 Å². The number of benzene rings is 1. The molecule has 0 saturated heterocycles. The number of nitrogens with zero attached hydrogens (tertiary/aromatic N) is 2. The van der Waals surface area contributed by atoms with E-state index in [-0.39, 0.29) is 23.5 Å². The Hall–Kier alpha value is -4.15. The highest BCUT2D eigenvalue weighted by Crippen LogP contribution is 2.38. The summed E-state index contributed by atoms with van der Waals surface area (Å²) in [6.07, 6.45) is -2.02. The van der Waals surface area contributed by atoms with Crippen molar-refractivity contribution in [3.05, 3.63) is 72.2 Å². The summed E-state index contributed by atoms with van der Waals surface area (Å²) in [7, 11) is 0. The molecule has 3 aromatic rings. The van der Waals surface area contributed by atoms with Crippen molar-refractivity contribution < 1.29 is 22.8 Å². The molecular formula is C21H19F3N6O2. The van der Waals surface area contributed by atoms with Crippen molar-refractivity contribution in [2.45, 2.75) is 13.1 Å². The summed E-state index contributed by atoms with van der Waals surface area (Å²) < 4.78 is 40.6. The van der Waals surface area contributed by atoms with Crippen LogP contribution in [0.25, 0.3) is 0 Å². The second kappa shape index (κ2) is 9.77. The number of halogens is 3. The topological polar surface area (TPSA) is 108 Å². The van der Waals surface area contributed by atoms with Gasteiger partial charge in [-0.05, 0) is 37.3 Å². The van der Waals surface area contributed by atoms with E-state index in [1.165, 1.54) is 24.5 Å². The SMILES string of the molecule is CCNC(=O)Nc1nc(C(F)(F)F)cc(Nc2ccccc2)c1NC(=O)c1cccnc1. The lowest BCUT2D eigenvalue weighted by Gasteiger charge is -2.19. The fourth-order valence-electron chi connectivity index (χ4n) is 2.68. The van der Waals surface area contributed by atoms with Gasteiger partial charge in [-0.15, -0.1) is 0 Å². The highest BCUT2D eigenvalue weighted by atomic mass is 19.4. The van der Waals surface area contributed by atoms with Crippen LogP contribution in [0.1, 0.15) is 23.0 Å². The predicted octanol–water partition coefficient (Wildman–Crippen LogP) is 4.63. The zero-order chi connectivity index (χ0) is 23.1. The van der Waals surface area contributed by atoms with Crippen molar-refractivity contribution in [1.29, 1.82) is 0 Å². The summed E-state index contributed by atoms with van der Waals surface area (Å²) in [5.74, 6) is -1.11.